The molecule has 0 N–H and O–H groups in total. The van der Waals surface area contributed by atoms with Gasteiger partial charge in [0, 0.05) is 11.1 Å². The van der Waals surface area contributed by atoms with Crippen LogP contribution in [0.4, 0.5) is 0 Å². The number of carboxylic acids is 4. The second-order valence-corrected chi connectivity index (χ2v) is 2.94. The number of carbonyl (C=O) groups excluding carboxylic acids is 4. The van der Waals surface area contributed by atoms with Gasteiger partial charge in [0.2, 0.25) is 0 Å². The quantitative estimate of drug-likeness (QED) is 0.453. The summed E-state index contributed by atoms with van der Waals surface area (Å²) in [5, 5.41) is 42.0. The maximum atomic E-state index is 10.6. The van der Waals surface area contributed by atoms with Crippen LogP contribution in [-0.2, 0) is 23.9 Å². The molecule has 0 radical (unpaired) electrons. The van der Waals surface area contributed by atoms with E-state index in [0.717, 1.165) is 0 Å². The minimum atomic E-state index is -2.37. The Hall–Kier alpha value is 1.58. The van der Waals surface area contributed by atoms with E-state index >= 15 is 0 Å². The molecule has 0 saturated carbocycles. The molecule has 9 nitrogen and oxygen atoms in total. The van der Waals surface area contributed by atoms with E-state index < -0.39 is 47.2 Å². The van der Waals surface area contributed by atoms with Crippen LogP contribution in [0.25, 0.3) is 0 Å². The third-order valence-corrected chi connectivity index (χ3v) is 1.95. The molecule has 1 heterocycles. The van der Waals surface area contributed by atoms with Gasteiger partial charge < -0.3 is 44.3 Å². The van der Waals surface area contributed by atoms with Gasteiger partial charge in [-0.15, -0.1) is 0 Å². The number of aliphatic carboxylic acids is 4. The molecule has 0 bridgehead atoms. The van der Waals surface area contributed by atoms with E-state index in [4.69, 9.17) is 0 Å². The summed E-state index contributed by atoms with van der Waals surface area (Å²) in [5.41, 5.74) is -2.72. The Morgan fingerprint density at radius 3 is 1.05 bits per heavy atom. The average molecular weight is 334 g/mol. The molecule has 0 saturated heterocycles. The van der Waals surface area contributed by atoms with E-state index in [2.05, 4.69) is 4.74 Å². The van der Waals surface area contributed by atoms with Crippen LogP contribution < -0.4 is 139 Å². The Kier molecular flexibility index (Phi) is 18.8. The van der Waals surface area contributed by atoms with Crippen molar-refractivity contribution in [1.82, 2.24) is 0 Å². The first kappa shape index (κ1) is 30.5. The summed E-state index contributed by atoms with van der Waals surface area (Å²) in [4.78, 5) is 42.0. The topological polar surface area (TPSA) is 170 Å². The molecule has 0 aromatic rings. The van der Waals surface area contributed by atoms with Crippen molar-refractivity contribution in [3.63, 3.8) is 0 Å². The van der Waals surface area contributed by atoms with Crippen molar-refractivity contribution in [3.8, 4) is 0 Å². The summed E-state index contributed by atoms with van der Waals surface area (Å²) in [7, 11) is 0. The zero-order valence-electron chi connectivity index (χ0n) is 11.8. The Bertz CT molecular complexity index is 421. The first-order valence-electron chi connectivity index (χ1n) is 4.01. The van der Waals surface area contributed by atoms with Crippen LogP contribution in [0.5, 0.6) is 0 Å². The summed E-state index contributed by atoms with van der Waals surface area (Å²) in [6.07, 6.45) is -4.73. The van der Waals surface area contributed by atoms with E-state index in [9.17, 15) is 39.6 Å². The first-order valence-corrected chi connectivity index (χ1v) is 4.01. The molecule has 0 aromatic heterocycles. The molecule has 0 spiro atoms. The molecule has 0 amide bonds. The van der Waals surface area contributed by atoms with Gasteiger partial charge in [0.05, 0.1) is 23.9 Å². The van der Waals surface area contributed by atoms with Crippen molar-refractivity contribution in [2.45, 2.75) is 12.2 Å². The van der Waals surface area contributed by atoms with Gasteiger partial charge in [-0.1, -0.05) is 0 Å². The van der Waals surface area contributed by atoms with E-state index in [1.807, 2.05) is 0 Å². The number of ether oxygens (including phenoxy) is 1. The van der Waals surface area contributed by atoms with Gasteiger partial charge in [0.15, 0.2) is 0 Å². The van der Waals surface area contributed by atoms with Gasteiger partial charge >= 0.3 is 118 Å². The molecule has 92 valence electrons. The van der Waals surface area contributed by atoms with E-state index in [1.54, 1.807) is 0 Å². The summed E-state index contributed by atoms with van der Waals surface area (Å²) in [6, 6.07) is 0. The number of hydrogen-bond acceptors (Lipinski definition) is 9. The average Bonchev–Trinajstić information content (AvgIpc) is 2.56. The third-order valence-electron chi connectivity index (χ3n) is 1.95. The zero-order valence-corrected chi connectivity index (χ0v) is 19.8. The molecule has 2 atom stereocenters. The predicted molar refractivity (Wildman–Crippen MR) is 35.7 cm³/mol. The number of hydrogen-bond donors (Lipinski definition) is 0. The molecular formula is C8H2Na4O9. The van der Waals surface area contributed by atoms with E-state index in [0.29, 0.717) is 0 Å². The minimum Gasteiger partial charge on any atom is -0.547 e. The van der Waals surface area contributed by atoms with Crippen LogP contribution in [0, 0.1) is 0 Å². The molecule has 0 aliphatic carbocycles. The maximum absolute atomic E-state index is 10.6. The molecule has 0 fully saturated rings. The Morgan fingerprint density at radius 1 is 0.667 bits per heavy atom. The van der Waals surface area contributed by atoms with Crippen molar-refractivity contribution in [2.24, 2.45) is 0 Å². The summed E-state index contributed by atoms with van der Waals surface area (Å²) in [6.45, 7) is 0. The fourth-order valence-corrected chi connectivity index (χ4v) is 1.34. The van der Waals surface area contributed by atoms with Crippen molar-refractivity contribution in [1.29, 1.82) is 0 Å². The van der Waals surface area contributed by atoms with Crippen molar-refractivity contribution >= 4 is 23.9 Å². The van der Waals surface area contributed by atoms with Crippen LogP contribution in [0.2, 0.25) is 0 Å². The summed E-state index contributed by atoms with van der Waals surface area (Å²) in [5.74, 6) is -8.65. The predicted octanol–water partition coefficient (Wildman–Crippen LogP) is -18.9. The molecule has 1 aliphatic rings. The third kappa shape index (κ3) is 7.34. The van der Waals surface area contributed by atoms with E-state index in [1.165, 1.54) is 0 Å². The fourth-order valence-electron chi connectivity index (χ4n) is 1.34. The fraction of sp³-hybridized carbons (Fsp3) is 0.250. The van der Waals surface area contributed by atoms with Gasteiger partial charge in [0.1, 0.15) is 12.2 Å². The molecule has 21 heavy (non-hydrogen) atoms. The smallest absolute Gasteiger partial charge is 0.547 e. The summed E-state index contributed by atoms with van der Waals surface area (Å²) >= 11 is 0. The van der Waals surface area contributed by atoms with Gasteiger partial charge in [0.25, 0.3) is 0 Å². The van der Waals surface area contributed by atoms with Crippen LogP contribution in [0.1, 0.15) is 0 Å². The van der Waals surface area contributed by atoms with Crippen molar-refractivity contribution < 1.29 is 163 Å². The second-order valence-electron chi connectivity index (χ2n) is 2.94. The molecule has 1 aliphatic heterocycles. The number of carboxylic acid groups (broad SMARTS) is 4. The van der Waals surface area contributed by atoms with Crippen molar-refractivity contribution in [2.75, 3.05) is 0 Å². The summed E-state index contributed by atoms with van der Waals surface area (Å²) < 4.78 is 4.19. The monoisotopic (exact) mass is 334 g/mol. The Balaban J connectivity index is -0.000000361. The van der Waals surface area contributed by atoms with Crippen LogP contribution in [0.3, 0.4) is 0 Å². The van der Waals surface area contributed by atoms with Crippen LogP contribution in [-0.4, -0.2) is 36.1 Å². The second kappa shape index (κ2) is 12.9. The van der Waals surface area contributed by atoms with Gasteiger partial charge in [-0.25, -0.2) is 0 Å². The molecule has 2 unspecified atom stereocenters. The van der Waals surface area contributed by atoms with Gasteiger partial charge in [-0.3, -0.25) is 0 Å². The normalized spacial score (nSPS) is 19.0. The molecular weight excluding hydrogens is 332 g/mol. The Morgan fingerprint density at radius 2 is 0.905 bits per heavy atom. The van der Waals surface area contributed by atoms with Gasteiger partial charge in [-0.2, -0.15) is 0 Å². The Labute approximate surface area is 206 Å². The maximum Gasteiger partial charge on any atom is 1.00 e. The minimum absolute atomic E-state index is 0. The first-order chi connectivity index (χ1) is 7.77. The molecule has 13 heteroatoms. The van der Waals surface area contributed by atoms with E-state index in [-0.39, 0.29) is 118 Å². The van der Waals surface area contributed by atoms with Crippen molar-refractivity contribution in [3.05, 3.63) is 11.1 Å². The van der Waals surface area contributed by atoms with Crippen LogP contribution in [0.15, 0.2) is 11.1 Å². The number of carbonyl (C=O) groups is 4. The SMILES string of the molecule is O=C([O-])C1=C(C(=O)[O-])C(C(=O)[O-])OC1C(=O)[O-].[Na+].[Na+].[Na+].[Na+]. The zero-order chi connectivity index (χ0) is 13.3. The standard InChI is InChI=1S/C8H6O9.4Na/c9-5(10)1-2(6(11)12)4(8(15)16)17-3(1)7(13)14;;;;/h3-4H,(H,9,10)(H,11,12)(H,13,14)(H,15,16);;;;/q;4*+1/p-4. The molecule has 1 rings (SSSR count). The van der Waals surface area contributed by atoms with Gasteiger partial charge in [-0.05, 0) is 0 Å². The van der Waals surface area contributed by atoms with Crippen LogP contribution >= 0.6 is 0 Å². The number of rotatable bonds is 4. The largest absolute Gasteiger partial charge is 1.00 e. The molecule has 0 aromatic carbocycles.